The maximum Gasteiger partial charge on any atom is 0.270 e. The molecule has 1 amide bonds. The zero-order valence-corrected chi connectivity index (χ0v) is 23.1. The molecule has 1 aromatic heterocycles. The van der Waals surface area contributed by atoms with Crippen LogP contribution in [0.25, 0.3) is 6.08 Å². The van der Waals surface area contributed by atoms with Crippen LogP contribution in [-0.4, -0.2) is 32.8 Å². The van der Waals surface area contributed by atoms with Crippen LogP contribution in [-0.2, 0) is 17.9 Å². The molecule has 9 heteroatoms. The van der Waals surface area contributed by atoms with Gasteiger partial charge in [0, 0.05) is 25.2 Å². The first-order valence-corrected chi connectivity index (χ1v) is 13.9. The van der Waals surface area contributed by atoms with E-state index in [0.717, 1.165) is 55.7 Å². The van der Waals surface area contributed by atoms with Gasteiger partial charge in [-0.1, -0.05) is 56.4 Å². The number of nitriles is 1. The zero-order valence-electron chi connectivity index (χ0n) is 21.4. The zero-order chi connectivity index (χ0) is 26.7. The molecule has 0 N–H and O–H groups in total. The SMILES string of the molecule is CCCCn1c(N2CCCC(C)C2)c(/C=C2\SC(=S)N(Cc3ccc(F)cc3)C2=O)c(C)c(C#N)c1=O. The number of thioether (sulfide) groups is 1. The predicted molar refractivity (Wildman–Crippen MR) is 151 cm³/mol. The number of hydrogen-bond acceptors (Lipinski definition) is 6. The monoisotopic (exact) mass is 538 g/mol. The maximum absolute atomic E-state index is 13.4. The molecule has 2 fully saturated rings. The highest BCUT2D eigenvalue weighted by Crippen LogP contribution is 2.37. The minimum Gasteiger partial charge on any atom is -0.357 e. The fourth-order valence-electron chi connectivity index (χ4n) is 4.93. The van der Waals surface area contributed by atoms with Gasteiger partial charge in [-0.15, -0.1) is 0 Å². The normalized spacial score (nSPS) is 19.1. The van der Waals surface area contributed by atoms with E-state index < -0.39 is 0 Å². The predicted octanol–water partition coefficient (Wildman–Crippen LogP) is 5.61. The van der Waals surface area contributed by atoms with E-state index in [1.807, 2.05) is 0 Å². The Morgan fingerprint density at radius 2 is 2.00 bits per heavy atom. The summed E-state index contributed by atoms with van der Waals surface area (Å²) < 4.78 is 15.5. The number of amides is 1. The molecule has 2 aliphatic heterocycles. The molecular weight excluding hydrogens is 507 g/mol. The number of pyridine rings is 1. The number of aromatic nitrogens is 1. The van der Waals surface area contributed by atoms with Crippen LogP contribution in [0.5, 0.6) is 0 Å². The van der Waals surface area contributed by atoms with Gasteiger partial charge in [0.1, 0.15) is 27.6 Å². The second kappa shape index (κ2) is 11.6. The lowest BCUT2D eigenvalue weighted by Crippen LogP contribution is -2.40. The molecule has 2 aliphatic rings. The van der Waals surface area contributed by atoms with Gasteiger partial charge in [0.2, 0.25) is 0 Å². The van der Waals surface area contributed by atoms with E-state index >= 15 is 0 Å². The lowest BCUT2D eigenvalue weighted by Gasteiger charge is -2.36. The van der Waals surface area contributed by atoms with Crippen molar-refractivity contribution in [1.29, 1.82) is 5.26 Å². The highest BCUT2D eigenvalue weighted by atomic mass is 32.2. The van der Waals surface area contributed by atoms with Crippen molar-refractivity contribution in [3.8, 4) is 6.07 Å². The largest absolute Gasteiger partial charge is 0.357 e. The lowest BCUT2D eigenvalue weighted by atomic mass is 9.98. The standard InChI is InChI=1S/C28H31FN4O2S2/c1-4-5-13-32-25(31-12-6-7-18(2)16-31)22(19(3)23(15-30)26(32)34)14-24-27(35)33(28(36)37-24)17-20-8-10-21(29)11-9-20/h8-11,14,18H,4-7,12-13,16-17H2,1-3H3/b24-14-. The summed E-state index contributed by atoms with van der Waals surface area (Å²) in [6.07, 6.45) is 5.67. The average Bonchev–Trinajstić information content (AvgIpc) is 3.13. The number of piperidine rings is 1. The second-order valence-corrected chi connectivity index (χ2v) is 11.4. The number of carbonyl (C=O) groups excluding carboxylic acids is 1. The van der Waals surface area contributed by atoms with E-state index in [4.69, 9.17) is 12.2 Å². The molecule has 1 atom stereocenters. The molecule has 3 heterocycles. The van der Waals surface area contributed by atoms with Crippen LogP contribution in [0.1, 0.15) is 61.8 Å². The summed E-state index contributed by atoms with van der Waals surface area (Å²) in [5, 5.41) is 9.87. The van der Waals surface area contributed by atoms with Gasteiger partial charge in [0.15, 0.2) is 0 Å². The van der Waals surface area contributed by atoms with Crippen LogP contribution in [0.2, 0.25) is 0 Å². The van der Waals surface area contributed by atoms with Crippen molar-refractivity contribution in [2.45, 2.75) is 59.5 Å². The van der Waals surface area contributed by atoms with Crippen LogP contribution in [0.3, 0.4) is 0 Å². The van der Waals surface area contributed by atoms with Crippen LogP contribution in [0.4, 0.5) is 10.2 Å². The quantitative estimate of drug-likeness (QED) is 0.337. The molecule has 37 heavy (non-hydrogen) atoms. The van der Waals surface area contributed by atoms with Crippen molar-refractivity contribution in [2.24, 2.45) is 5.92 Å². The van der Waals surface area contributed by atoms with Gasteiger partial charge in [-0.05, 0) is 61.4 Å². The Bertz CT molecular complexity index is 1340. The second-order valence-electron chi connectivity index (χ2n) is 9.75. The molecule has 1 aromatic carbocycles. The molecule has 4 rings (SSSR count). The highest BCUT2D eigenvalue weighted by Gasteiger charge is 2.33. The van der Waals surface area contributed by atoms with E-state index in [2.05, 4.69) is 24.8 Å². The summed E-state index contributed by atoms with van der Waals surface area (Å²) in [6.45, 7) is 8.44. The number of thiocarbonyl (C=S) groups is 1. The molecule has 0 radical (unpaired) electrons. The molecule has 1 unspecified atom stereocenters. The van der Waals surface area contributed by atoms with E-state index in [-0.39, 0.29) is 29.4 Å². The summed E-state index contributed by atoms with van der Waals surface area (Å²) >= 11 is 6.74. The number of halogens is 1. The summed E-state index contributed by atoms with van der Waals surface area (Å²) in [7, 11) is 0. The molecule has 2 saturated heterocycles. The first-order valence-electron chi connectivity index (χ1n) is 12.7. The molecule has 6 nitrogen and oxygen atoms in total. The number of carbonyl (C=O) groups is 1. The third kappa shape index (κ3) is 5.65. The fourth-order valence-corrected chi connectivity index (χ4v) is 6.17. The van der Waals surface area contributed by atoms with E-state index in [1.54, 1.807) is 29.7 Å². The first-order chi connectivity index (χ1) is 17.7. The van der Waals surface area contributed by atoms with Crippen LogP contribution < -0.4 is 10.5 Å². The Kier molecular flexibility index (Phi) is 8.50. The first kappa shape index (κ1) is 27.1. The fraction of sp³-hybridized carbons (Fsp3) is 0.429. The van der Waals surface area contributed by atoms with Crippen LogP contribution in [0, 0.1) is 30.0 Å². The van der Waals surface area contributed by atoms with Gasteiger partial charge >= 0.3 is 0 Å². The molecule has 0 bridgehead atoms. The van der Waals surface area contributed by atoms with Crippen molar-refractivity contribution in [3.63, 3.8) is 0 Å². The molecule has 0 saturated carbocycles. The Morgan fingerprint density at radius 1 is 1.27 bits per heavy atom. The highest BCUT2D eigenvalue weighted by molar-refractivity contribution is 8.26. The molecule has 2 aromatic rings. The van der Waals surface area contributed by atoms with Gasteiger partial charge < -0.3 is 4.90 Å². The molecule has 0 spiro atoms. The van der Waals surface area contributed by atoms with Crippen LogP contribution in [0.15, 0.2) is 34.0 Å². The number of anilines is 1. The van der Waals surface area contributed by atoms with Crippen molar-refractivity contribution in [3.05, 3.63) is 67.6 Å². The van der Waals surface area contributed by atoms with E-state index in [1.165, 1.54) is 28.8 Å². The Labute approximate surface area is 226 Å². The maximum atomic E-state index is 13.4. The number of nitrogens with zero attached hydrogens (tertiary/aromatic N) is 4. The van der Waals surface area contributed by atoms with E-state index in [0.29, 0.717) is 27.3 Å². The summed E-state index contributed by atoms with van der Waals surface area (Å²) in [4.78, 5) is 31.1. The number of unbranched alkanes of at least 4 members (excludes halogenated alkanes) is 1. The van der Waals surface area contributed by atoms with E-state index in [9.17, 15) is 19.2 Å². The van der Waals surface area contributed by atoms with Gasteiger partial charge in [0.25, 0.3) is 11.5 Å². The number of benzene rings is 1. The third-order valence-corrected chi connectivity index (χ3v) is 8.32. The third-order valence-electron chi connectivity index (χ3n) is 6.94. The minimum atomic E-state index is -0.337. The topological polar surface area (TPSA) is 69.3 Å². The van der Waals surface area contributed by atoms with Crippen molar-refractivity contribution in [1.82, 2.24) is 9.47 Å². The lowest BCUT2D eigenvalue weighted by molar-refractivity contribution is -0.122. The average molecular weight is 539 g/mol. The Morgan fingerprint density at radius 3 is 2.65 bits per heavy atom. The van der Waals surface area contributed by atoms with Crippen molar-refractivity contribution < 1.29 is 9.18 Å². The Balaban J connectivity index is 1.81. The summed E-state index contributed by atoms with van der Waals surface area (Å²) in [6, 6.07) is 8.11. The van der Waals surface area contributed by atoms with Crippen LogP contribution >= 0.6 is 24.0 Å². The molecular formula is C28H31FN4O2S2. The van der Waals surface area contributed by atoms with Crippen molar-refractivity contribution >= 4 is 46.1 Å². The number of rotatable bonds is 7. The minimum absolute atomic E-state index is 0.109. The van der Waals surface area contributed by atoms with Gasteiger partial charge in [-0.2, -0.15) is 5.26 Å². The van der Waals surface area contributed by atoms with Gasteiger partial charge in [-0.25, -0.2) is 4.39 Å². The van der Waals surface area contributed by atoms with Gasteiger partial charge in [-0.3, -0.25) is 19.1 Å². The number of hydrogen-bond donors (Lipinski definition) is 0. The molecule has 0 aliphatic carbocycles. The summed E-state index contributed by atoms with van der Waals surface area (Å²) in [5.74, 6) is 0.684. The summed E-state index contributed by atoms with van der Waals surface area (Å²) in [5.41, 5.74) is 1.92. The van der Waals surface area contributed by atoms with Crippen molar-refractivity contribution in [2.75, 3.05) is 18.0 Å². The Hall–Kier alpha value is -2.96. The smallest absolute Gasteiger partial charge is 0.270 e. The molecule has 194 valence electrons. The van der Waals surface area contributed by atoms with Gasteiger partial charge in [0.05, 0.1) is 11.4 Å².